The van der Waals surface area contributed by atoms with Gasteiger partial charge in [-0.25, -0.2) is 4.98 Å². The Morgan fingerprint density at radius 2 is 2.05 bits per heavy atom. The molecule has 1 atom stereocenters. The highest BCUT2D eigenvalue weighted by molar-refractivity contribution is 5.51. The van der Waals surface area contributed by atoms with E-state index in [0.29, 0.717) is 6.04 Å². The standard InChI is InChI=1S/C14H21N5/c1-12(11-15)17-7-9-18(10-8-17)14-4-2-3-13-16-5-6-19(13)14/h2-6,12H,7-11,15H2,1H3. The Bertz CT molecular complexity index is 542. The first kappa shape index (κ1) is 12.4. The van der Waals surface area contributed by atoms with Crippen molar-refractivity contribution >= 4 is 11.5 Å². The summed E-state index contributed by atoms with van der Waals surface area (Å²) in [5.41, 5.74) is 6.75. The number of rotatable bonds is 3. The first-order valence-corrected chi connectivity index (χ1v) is 6.91. The van der Waals surface area contributed by atoms with Crippen molar-refractivity contribution in [2.75, 3.05) is 37.6 Å². The SMILES string of the molecule is CC(CN)N1CCN(c2cccc3nccn23)CC1. The van der Waals surface area contributed by atoms with Gasteiger partial charge in [-0.3, -0.25) is 9.30 Å². The minimum absolute atomic E-state index is 0.478. The highest BCUT2D eigenvalue weighted by Gasteiger charge is 2.21. The fourth-order valence-corrected chi connectivity index (χ4v) is 2.73. The lowest BCUT2D eigenvalue weighted by atomic mass is 10.2. The minimum Gasteiger partial charge on any atom is -0.355 e. The smallest absolute Gasteiger partial charge is 0.138 e. The molecule has 3 heterocycles. The van der Waals surface area contributed by atoms with Crippen LogP contribution >= 0.6 is 0 Å². The van der Waals surface area contributed by atoms with E-state index in [4.69, 9.17) is 5.73 Å². The van der Waals surface area contributed by atoms with Crippen LogP contribution in [-0.2, 0) is 0 Å². The van der Waals surface area contributed by atoms with Crippen molar-refractivity contribution in [3.63, 3.8) is 0 Å². The molecule has 0 saturated carbocycles. The monoisotopic (exact) mass is 259 g/mol. The van der Waals surface area contributed by atoms with Crippen molar-refractivity contribution < 1.29 is 0 Å². The number of aromatic nitrogens is 2. The lowest BCUT2D eigenvalue weighted by Gasteiger charge is -2.38. The highest BCUT2D eigenvalue weighted by Crippen LogP contribution is 2.18. The van der Waals surface area contributed by atoms with Crippen LogP contribution in [0.3, 0.4) is 0 Å². The molecular weight excluding hydrogens is 238 g/mol. The van der Waals surface area contributed by atoms with Crippen LogP contribution in [0.1, 0.15) is 6.92 Å². The Kier molecular flexibility index (Phi) is 3.40. The summed E-state index contributed by atoms with van der Waals surface area (Å²) in [6.07, 6.45) is 3.88. The third kappa shape index (κ3) is 2.31. The Labute approximate surface area is 113 Å². The van der Waals surface area contributed by atoms with Gasteiger partial charge in [0.15, 0.2) is 0 Å². The molecule has 1 fully saturated rings. The Balaban J connectivity index is 1.76. The summed E-state index contributed by atoms with van der Waals surface area (Å²) in [7, 11) is 0. The van der Waals surface area contributed by atoms with Crippen LogP contribution in [0.2, 0.25) is 0 Å². The van der Waals surface area contributed by atoms with E-state index in [0.717, 1.165) is 38.4 Å². The molecule has 1 aliphatic heterocycles. The summed E-state index contributed by atoms with van der Waals surface area (Å²) >= 11 is 0. The first-order valence-electron chi connectivity index (χ1n) is 6.91. The number of fused-ring (bicyclic) bond motifs is 1. The number of anilines is 1. The van der Waals surface area contributed by atoms with Gasteiger partial charge in [-0.2, -0.15) is 0 Å². The van der Waals surface area contributed by atoms with Crippen LogP contribution < -0.4 is 10.6 Å². The summed E-state index contributed by atoms with van der Waals surface area (Å²) in [6.45, 7) is 7.17. The van der Waals surface area contributed by atoms with Gasteiger partial charge in [0.1, 0.15) is 11.5 Å². The van der Waals surface area contributed by atoms with Crippen LogP contribution in [0.4, 0.5) is 5.82 Å². The minimum atomic E-state index is 0.478. The van der Waals surface area contributed by atoms with Gasteiger partial charge in [0.05, 0.1) is 0 Å². The molecule has 2 N–H and O–H groups in total. The zero-order valence-corrected chi connectivity index (χ0v) is 11.4. The fourth-order valence-electron chi connectivity index (χ4n) is 2.73. The molecular formula is C14H21N5. The topological polar surface area (TPSA) is 49.8 Å². The van der Waals surface area contributed by atoms with Crippen LogP contribution in [0, 0.1) is 0 Å². The summed E-state index contributed by atoms with van der Waals surface area (Å²) in [4.78, 5) is 9.23. The molecule has 1 saturated heterocycles. The third-order valence-corrected chi connectivity index (χ3v) is 4.01. The van der Waals surface area contributed by atoms with Gasteiger partial charge >= 0.3 is 0 Å². The van der Waals surface area contributed by atoms with E-state index in [1.54, 1.807) is 0 Å². The van der Waals surface area contributed by atoms with E-state index >= 15 is 0 Å². The van der Waals surface area contributed by atoms with Crippen molar-refractivity contribution in [1.29, 1.82) is 0 Å². The van der Waals surface area contributed by atoms with Gasteiger partial charge in [-0.1, -0.05) is 6.07 Å². The molecule has 2 aromatic rings. The molecule has 0 radical (unpaired) electrons. The van der Waals surface area contributed by atoms with E-state index in [9.17, 15) is 0 Å². The van der Waals surface area contributed by atoms with E-state index < -0.39 is 0 Å². The van der Waals surface area contributed by atoms with Crippen LogP contribution in [0.5, 0.6) is 0 Å². The second-order valence-electron chi connectivity index (χ2n) is 5.15. The van der Waals surface area contributed by atoms with Crippen LogP contribution in [0.25, 0.3) is 5.65 Å². The van der Waals surface area contributed by atoms with Crippen molar-refractivity contribution in [2.24, 2.45) is 5.73 Å². The Hall–Kier alpha value is -1.59. The Morgan fingerprint density at radius 1 is 1.26 bits per heavy atom. The Morgan fingerprint density at radius 3 is 2.79 bits per heavy atom. The number of hydrogen-bond donors (Lipinski definition) is 1. The number of nitrogens with two attached hydrogens (primary N) is 1. The zero-order chi connectivity index (χ0) is 13.2. The molecule has 102 valence electrons. The largest absolute Gasteiger partial charge is 0.355 e. The summed E-state index contributed by atoms with van der Waals surface area (Å²) < 4.78 is 2.15. The maximum absolute atomic E-state index is 5.74. The van der Waals surface area contributed by atoms with Gasteiger partial charge in [-0.05, 0) is 19.1 Å². The maximum Gasteiger partial charge on any atom is 0.138 e. The number of nitrogens with zero attached hydrogens (tertiary/aromatic N) is 4. The fraction of sp³-hybridized carbons (Fsp3) is 0.500. The lowest BCUT2D eigenvalue weighted by Crippen LogP contribution is -2.51. The molecule has 5 nitrogen and oxygen atoms in total. The number of pyridine rings is 1. The molecule has 5 heteroatoms. The van der Waals surface area contributed by atoms with E-state index in [-0.39, 0.29) is 0 Å². The van der Waals surface area contributed by atoms with E-state index in [1.165, 1.54) is 5.82 Å². The van der Waals surface area contributed by atoms with Gasteiger partial charge in [0, 0.05) is 51.2 Å². The first-order chi connectivity index (χ1) is 9.29. The highest BCUT2D eigenvalue weighted by atomic mass is 15.3. The third-order valence-electron chi connectivity index (χ3n) is 4.01. The summed E-state index contributed by atoms with van der Waals surface area (Å²) in [6, 6.07) is 6.76. The quantitative estimate of drug-likeness (QED) is 0.886. The molecule has 19 heavy (non-hydrogen) atoms. The lowest BCUT2D eigenvalue weighted by molar-refractivity contribution is 0.201. The summed E-state index contributed by atoms with van der Waals surface area (Å²) in [5.74, 6) is 1.23. The van der Waals surface area contributed by atoms with Crippen LogP contribution in [-0.4, -0.2) is 53.1 Å². The molecule has 0 spiro atoms. The van der Waals surface area contributed by atoms with Crippen LogP contribution in [0.15, 0.2) is 30.6 Å². The number of piperazine rings is 1. The maximum atomic E-state index is 5.74. The summed E-state index contributed by atoms with van der Waals surface area (Å²) in [5, 5.41) is 0. The predicted molar refractivity (Wildman–Crippen MR) is 77.5 cm³/mol. The second kappa shape index (κ2) is 5.19. The van der Waals surface area contributed by atoms with Gasteiger partial charge in [0.25, 0.3) is 0 Å². The average molecular weight is 259 g/mol. The molecule has 1 unspecified atom stereocenters. The molecule has 2 aromatic heterocycles. The van der Waals surface area contributed by atoms with Gasteiger partial charge < -0.3 is 10.6 Å². The van der Waals surface area contributed by atoms with Crippen molar-refractivity contribution in [2.45, 2.75) is 13.0 Å². The van der Waals surface area contributed by atoms with E-state index in [2.05, 4.69) is 38.2 Å². The van der Waals surface area contributed by atoms with Gasteiger partial charge in [-0.15, -0.1) is 0 Å². The molecule has 0 bridgehead atoms. The molecule has 0 aromatic carbocycles. The van der Waals surface area contributed by atoms with Crippen molar-refractivity contribution in [3.05, 3.63) is 30.6 Å². The predicted octanol–water partition coefficient (Wildman–Crippen LogP) is 0.803. The zero-order valence-electron chi connectivity index (χ0n) is 11.4. The molecule has 3 rings (SSSR count). The van der Waals surface area contributed by atoms with Gasteiger partial charge in [0.2, 0.25) is 0 Å². The van der Waals surface area contributed by atoms with Crippen molar-refractivity contribution in [1.82, 2.24) is 14.3 Å². The average Bonchev–Trinajstić information content (AvgIpc) is 2.95. The molecule has 0 amide bonds. The van der Waals surface area contributed by atoms with E-state index in [1.807, 2.05) is 18.5 Å². The number of hydrogen-bond acceptors (Lipinski definition) is 4. The molecule has 0 aliphatic carbocycles. The number of imidazole rings is 1. The second-order valence-corrected chi connectivity index (χ2v) is 5.15. The normalized spacial score (nSPS) is 18.9. The van der Waals surface area contributed by atoms with Crippen molar-refractivity contribution in [3.8, 4) is 0 Å². The molecule has 1 aliphatic rings.